The Hall–Kier alpha value is -1.42. The van der Waals surface area contributed by atoms with Gasteiger partial charge in [0.2, 0.25) is 0 Å². The van der Waals surface area contributed by atoms with Gasteiger partial charge in [0.25, 0.3) is 0 Å². The molecule has 1 aromatic heterocycles. The lowest BCUT2D eigenvalue weighted by molar-refractivity contribution is -0.140. The third-order valence-electron chi connectivity index (χ3n) is 2.81. The van der Waals surface area contributed by atoms with Crippen LogP contribution in [0.5, 0.6) is 0 Å². The third kappa shape index (κ3) is 3.29. The molecule has 0 saturated carbocycles. The van der Waals surface area contributed by atoms with Crippen LogP contribution < -0.4 is 0 Å². The summed E-state index contributed by atoms with van der Waals surface area (Å²) in [6.45, 7) is 0. The predicted octanol–water partition coefficient (Wildman–Crippen LogP) is 3.60. The molecule has 1 N–H and O–H groups in total. The topological polar surface area (TPSA) is 42.1 Å². The third-order valence-corrected chi connectivity index (χ3v) is 3.95. The molecule has 96 valence electrons. The quantitative estimate of drug-likeness (QED) is 0.492. The second-order valence-electron chi connectivity index (χ2n) is 4.08. The number of ether oxygens (including phenoxy) is 1. The summed E-state index contributed by atoms with van der Waals surface area (Å²) >= 11 is 1.83. The number of aromatic amines is 1. The van der Waals surface area contributed by atoms with E-state index < -0.39 is 0 Å². The Morgan fingerprint density at radius 2 is 2.17 bits per heavy atom. The van der Waals surface area contributed by atoms with Crippen LogP contribution in [-0.2, 0) is 9.53 Å². The van der Waals surface area contributed by atoms with E-state index in [0.717, 1.165) is 18.6 Å². The fourth-order valence-electron chi connectivity index (χ4n) is 1.82. The van der Waals surface area contributed by atoms with Crippen molar-refractivity contribution in [1.82, 2.24) is 4.98 Å². The minimum atomic E-state index is -0.118. The molecule has 2 rings (SSSR count). The number of hydrogen-bond donors (Lipinski definition) is 1. The molecular formula is C14H17NO2S. The summed E-state index contributed by atoms with van der Waals surface area (Å²) < 4.78 is 4.61. The van der Waals surface area contributed by atoms with Crippen molar-refractivity contribution >= 4 is 28.6 Å². The van der Waals surface area contributed by atoms with Gasteiger partial charge < -0.3 is 9.72 Å². The number of benzene rings is 1. The second-order valence-corrected chi connectivity index (χ2v) is 5.22. The monoisotopic (exact) mass is 263 g/mol. The number of aromatic nitrogens is 1. The van der Waals surface area contributed by atoms with Crippen LogP contribution in [0.25, 0.3) is 10.9 Å². The maximum Gasteiger partial charge on any atom is 0.305 e. The number of para-hydroxylation sites is 1. The van der Waals surface area contributed by atoms with Crippen molar-refractivity contribution in [2.45, 2.75) is 24.2 Å². The van der Waals surface area contributed by atoms with Crippen LogP contribution >= 0.6 is 11.8 Å². The number of hydrogen-bond acceptors (Lipinski definition) is 3. The van der Waals surface area contributed by atoms with Crippen LogP contribution in [0.4, 0.5) is 0 Å². The van der Waals surface area contributed by atoms with Gasteiger partial charge in [0.1, 0.15) is 0 Å². The van der Waals surface area contributed by atoms with Gasteiger partial charge in [-0.3, -0.25) is 4.79 Å². The number of unbranched alkanes of at least 4 members (excludes halogenated alkanes) is 1. The molecule has 0 radical (unpaired) electrons. The van der Waals surface area contributed by atoms with Crippen LogP contribution in [0, 0.1) is 0 Å². The lowest BCUT2D eigenvalue weighted by atomic mass is 10.2. The van der Waals surface area contributed by atoms with Gasteiger partial charge in [-0.15, -0.1) is 11.8 Å². The molecule has 1 heterocycles. The van der Waals surface area contributed by atoms with Crippen molar-refractivity contribution in [1.29, 1.82) is 0 Å². The maximum absolute atomic E-state index is 10.9. The van der Waals surface area contributed by atoms with Crippen LogP contribution in [-0.4, -0.2) is 23.8 Å². The Labute approximate surface area is 111 Å². The molecule has 0 aliphatic heterocycles. The number of thioether (sulfide) groups is 1. The highest BCUT2D eigenvalue weighted by Gasteiger charge is 2.04. The molecule has 0 fully saturated rings. The van der Waals surface area contributed by atoms with Crippen molar-refractivity contribution in [3.05, 3.63) is 30.5 Å². The van der Waals surface area contributed by atoms with Crippen molar-refractivity contribution in [2.75, 3.05) is 12.9 Å². The Bertz CT molecular complexity index is 521. The molecule has 0 amide bonds. The number of esters is 1. The summed E-state index contributed by atoms with van der Waals surface area (Å²) in [7, 11) is 1.43. The van der Waals surface area contributed by atoms with Gasteiger partial charge in [-0.25, -0.2) is 0 Å². The number of methoxy groups -OCH3 is 1. The Balaban J connectivity index is 1.78. The Morgan fingerprint density at radius 3 is 3.00 bits per heavy atom. The molecular weight excluding hydrogens is 246 g/mol. The summed E-state index contributed by atoms with van der Waals surface area (Å²) in [6, 6.07) is 8.29. The lowest BCUT2D eigenvalue weighted by Gasteiger charge is -2.00. The van der Waals surface area contributed by atoms with Crippen molar-refractivity contribution < 1.29 is 9.53 Å². The molecule has 18 heavy (non-hydrogen) atoms. The van der Waals surface area contributed by atoms with Crippen molar-refractivity contribution in [3.8, 4) is 0 Å². The minimum absolute atomic E-state index is 0.118. The van der Waals surface area contributed by atoms with Crippen LogP contribution in [0.2, 0.25) is 0 Å². The summed E-state index contributed by atoms with van der Waals surface area (Å²) in [5.41, 5.74) is 1.18. The number of fused-ring (bicyclic) bond motifs is 1. The first-order valence-electron chi connectivity index (χ1n) is 6.07. The highest BCUT2D eigenvalue weighted by molar-refractivity contribution is 7.99. The molecule has 2 aromatic rings. The van der Waals surface area contributed by atoms with Gasteiger partial charge in [0.15, 0.2) is 0 Å². The van der Waals surface area contributed by atoms with E-state index >= 15 is 0 Å². The van der Waals surface area contributed by atoms with Gasteiger partial charge >= 0.3 is 5.97 Å². The van der Waals surface area contributed by atoms with Crippen LogP contribution in [0.15, 0.2) is 35.4 Å². The maximum atomic E-state index is 10.9. The van der Waals surface area contributed by atoms with E-state index in [1.165, 1.54) is 22.9 Å². The van der Waals surface area contributed by atoms with Gasteiger partial charge in [-0.05, 0) is 24.7 Å². The summed E-state index contributed by atoms with van der Waals surface area (Å²) in [6.07, 6.45) is 4.49. The summed E-state index contributed by atoms with van der Waals surface area (Å²) in [4.78, 5) is 15.5. The van der Waals surface area contributed by atoms with Gasteiger partial charge in [-0.2, -0.15) is 0 Å². The molecule has 0 atom stereocenters. The Kier molecular flexibility index (Phi) is 4.70. The van der Waals surface area contributed by atoms with E-state index in [0.29, 0.717) is 6.42 Å². The normalized spacial score (nSPS) is 10.7. The second kappa shape index (κ2) is 6.50. The molecule has 0 aliphatic rings. The lowest BCUT2D eigenvalue weighted by Crippen LogP contribution is -1.99. The molecule has 0 spiro atoms. The van der Waals surface area contributed by atoms with Crippen molar-refractivity contribution in [2.24, 2.45) is 0 Å². The number of H-pyrrole nitrogens is 1. The van der Waals surface area contributed by atoms with E-state index in [-0.39, 0.29) is 5.97 Å². The van der Waals surface area contributed by atoms with Gasteiger partial charge in [0, 0.05) is 28.4 Å². The first-order valence-corrected chi connectivity index (χ1v) is 7.05. The molecule has 1 aromatic carbocycles. The number of nitrogens with one attached hydrogen (secondary N) is 1. The molecule has 3 nitrogen and oxygen atoms in total. The molecule has 0 aliphatic carbocycles. The number of rotatable bonds is 6. The van der Waals surface area contributed by atoms with Crippen LogP contribution in [0.3, 0.4) is 0 Å². The fourth-order valence-corrected chi connectivity index (χ4v) is 2.86. The largest absolute Gasteiger partial charge is 0.469 e. The van der Waals surface area contributed by atoms with E-state index in [1.54, 1.807) is 0 Å². The standard InChI is InChI=1S/C14H17NO2S/c1-17-14(16)8-4-5-9-18-13-10-15-12-7-3-2-6-11(12)13/h2-3,6-7,10,15H,4-5,8-9H2,1H3. The molecule has 0 unspecified atom stereocenters. The molecule has 0 bridgehead atoms. The predicted molar refractivity (Wildman–Crippen MR) is 74.9 cm³/mol. The zero-order valence-electron chi connectivity index (χ0n) is 10.4. The fraction of sp³-hybridized carbons (Fsp3) is 0.357. The van der Waals surface area contributed by atoms with Crippen molar-refractivity contribution in [3.63, 3.8) is 0 Å². The zero-order valence-corrected chi connectivity index (χ0v) is 11.3. The molecule has 0 saturated heterocycles. The number of carbonyl (C=O) groups is 1. The van der Waals surface area contributed by atoms with E-state index in [4.69, 9.17) is 0 Å². The minimum Gasteiger partial charge on any atom is -0.469 e. The highest BCUT2D eigenvalue weighted by atomic mass is 32.2. The Morgan fingerprint density at radius 1 is 1.33 bits per heavy atom. The molecule has 4 heteroatoms. The van der Waals surface area contributed by atoms with E-state index in [2.05, 4.69) is 34.1 Å². The smallest absolute Gasteiger partial charge is 0.305 e. The van der Waals surface area contributed by atoms with Gasteiger partial charge in [-0.1, -0.05) is 18.2 Å². The number of carbonyl (C=O) groups excluding carboxylic acids is 1. The average Bonchev–Trinajstić information content (AvgIpc) is 2.81. The first-order chi connectivity index (χ1) is 8.81. The summed E-state index contributed by atoms with van der Waals surface area (Å²) in [5.74, 6) is 0.908. The van der Waals surface area contributed by atoms with Crippen LogP contribution in [0.1, 0.15) is 19.3 Å². The SMILES string of the molecule is COC(=O)CCCCSc1c[nH]c2ccccc12. The first kappa shape index (κ1) is 13.0. The zero-order chi connectivity index (χ0) is 12.8. The van der Waals surface area contributed by atoms with Gasteiger partial charge in [0.05, 0.1) is 7.11 Å². The highest BCUT2D eigenvalue weighted by Crippen LogP contribution is 2.28. The van der Waals surface area contributed by atoms with E-state index in [1.807, 2.05) is 17.8 Å². The average molecular weight is 263 g/mol. The van der Waals surface area contributed by atoms with E-state index in [9.17, 15) is 4.79 Å². The summed E-state index contributed by atoms with van der Waals surface area (Å²) in [5, 5.41) is 1.27.